The van der Waals surface area contributed by atoms with E-state index in [4.69, 9.17) is 0 Å². The van der Waals surface area contributed by atoms with E-state index in [9.17, 15) is 0 Å². The third-order valence-electron chi connectivity index (χ3n) is 3.53. The van der Waals surface area contributed by atoms with Crippen LogP contribution in [0.2, 0.25) is 0 Å². The Bertz CT molecular complexity index is 727. The summed E-state index contributed by atoms with van der Waals surface area (Å²) in [6, 6.07) is 27.6. The number of rotatable bonds is 2. The molecule has 0 heterocycles. The molecule has 0 nitrogen and oxygen atoms in total. The first kappa shape index (κ1) is 15.7. The Kier molecular flexibility index (Phi) is 5.15. The van der Waals surface area contributed by atoms with Gasteiger partial charge in [0.15, 0.2) is 0 Å². The van der Waals surface area contributed by atoms with E-state index >= 15 is 0 Å². The van der Waals surface area contributed by atoms with E-state index < -0.39 is 0 Å². The number of hydrogen-bond donors (Lipinski definition) is 0. The van der Waals surface area contributed by atoms with Gasteiger partial charge in [0, 0.05) is 0 Å². The maximum absolute atomic E-state index is 3.38. The average molecular weight is 440 g/mol. The Morgan fingerprint density at radius 3 is 2.00 bits per heavy atom. The van der Waals surface area contributed by atoms with E-state index in [2.05, 4.69) is 62.4 Å². The summed E-state index contributed by atoms with van der Waals surface area (Å²) in [5.41, 5.74) is 7.18. The fourth-order valence-electron chi connectivity index (χ4n) is 2.41. The summed E-state index contributed by atoms with van der Waals surface area (Å²) < 4.78 is 0. The fraction of sp³-hybridized carbons (Fsp3) is 0.100. The summed E-state index contributed by atoms with van der Waals surface area (Å²) in [6.45, 7) is 4.22. The number of hydrogen-bond acceptors (Lipinski definition) is 0. The zero-order valence-electron chi connectivity index (χ0n) is 12.2. The standard InChI is InChI=1S/C20H16.W/c1-15-11-13-17(14-12-15)19-9-5-6-10-20(19)18-8-4-3-7-16(18)2;/h3-7,9,11-14H,1-2H3;/q-2;+2. The number of aryl methyl sites for hydroxylation is 2. The van der Waals surface area contributed by atoms with E-state index in [0.717, 1.165) is 11.1 Å². The summed E-state index contributed by atoms with van der Waals surface area (Å²) in [4.78, 5) is 0. The SMILES string of the molecule is Cc1ccc(-c2ccc[c-]c2-c2[c-]cccc2C)cc1.[W+2]. The Morgan fingerprint density at radius 1 is 0.714 bits per heavy atom. The van der Waals surface area contributed by atoms with Gasteiger partial charge in [-0.3, -0.25) is 0 Å². The Morgan fingerprint density at radius 2 is 1.33 bits per heavy atom. The van der Waals surface area contributed by atoms with Gasteiger partial charge in [-0.2, -0.15) is 35.9 Å². The molecule has 0 saturated heterocycles. The second-order valence-electron chi connectivity index (χ2n) is 5.05. The summed E-state index contributed by atoms with van der Waals surface area (Å²) >= 11 is 0. The number of benzene rings is 3. The van der Waals surface area contributed by atoms with Crippen molar-refractivity contribution >= 4 is 0 Å². The molecule has 3 aromatic carbocycles. The summed E-state index contributed by atoms with van der Waals surface area (Å²) in [5.74, 6) is 0. The van der Waals surface area contributed by atoms with Crippen LogP contribution in [0.3, 0.4) is 0 Å². The van der Waals surface area contributed by atoms with Gasteiger partial charge in [0.05, 0.1) is 0 Å². The molecule has 3 aromatic rings. The molecule has 0 bridgehead atoms. The minimum Gasteiger partial charge on any atom is -0.223 e. The van der Waals surface area contributed by atoms with Gasteiger partial charge in [-0.05, 0) is 6.92 Å². The molecule has 0 fully saturated rings. The van der Waals surface area contributed by atoms with Gasteiger partial charge < -0.3 is 0 Å². The first-order valence-corrected chi connectivity index (χ1v) is 6.81. The molecule has 0 spiro atoms. The molecular formula is C20H16W. The maximum atomic E-state index is 3.38. The third kappa shape index (κ3) is 3.33. The molecule has 0 radical (unpaired) electrons. The van der Waals surface area contributed by atoms with E-state index in [1.54, 1.807) is 0 Å². The van der Waals surface area contributed by atoms with Crippen LogP contribution in [0.5, 0.6) is 0 Å². The maximum Gasteiger partial charge on any atom is 2.00 e. The van der Waals surface area contributed by atoms with E-state index in [-0.39, 0.29) is 21.1 Å². The molecule has 21 heavy (non-hydrogen) atoms. The fourth-order valence-corrected chi connectivity index (χ4v) is 2.41. The van der Waals surface area contributed by atoms with Crippen LogP contribution in [-0.4, -0.2) is 0 Å². The zero-order valence-corrected chi connectivity index (χ0v) is 15.1. The average Bonchev–Trinajstić information content (AvgIpc) is 2.49. The molecule has 0 aliphatic heterocycles. The normalized spacial score (nSPS) is 10.0. The Labute approximate surface area is 141 Å². The molecule has 0 aliphatic carbocycles. The molecule has 0 saturated carbocycles. The van der Waals surface area contributed by atoms with Crippen LogP contribution in [0.4, 0.5) is 0 Å². The van der Waals surface area contributed by atoms with Gasteiger partial charge in [0.1, 0.15) is 0 Å². The molecule has 0 atom stereocenters. The van der Waals surface area contributed by atoms with Crippen molar-refractivity contribution in [2.24, 2.45) is 0 Å². The van der Waals surface area contributed by atoms with Gasteiger partial charge in [-0.1, -0.05) is 42.3 Å². The van der Waals surface area contributed by atoms with Gasteiger partial charge in [-0.15, -0.1) is 23.8 Å². The summed E-state index contributed by atoms with van der Waals surface area (Å²) in [6.07, 6.45) is 0. The topological polar surface area (TPSA) is 0 Å². The monoisotopic (exact) mass is 440 g/mol. The van der Waals surface area contributed by atoms with E-state index in [1.165, 1.54) is 22.3 Å². The quantitative estimate of drug-likeness (QED) is 0.479. The Hall–Kier alpha value is -1.65. The molecular weight excluding hydrogens is 424 g/mol. The molecule has 0 aromatic heterocycles. The van der Waals surface area contributed by atoms with Crippen molar-refractivity contribution in [3.63, 3.8) is 0 Å². The first-order chi connectivity index (χ1) is 9.75. The zero-order chi connectivity index (χ0) is 13.9. The van der Waals surface area contributed by atoms with Crippen molar-refractivity contribution < 1.29 is 21.1 Å². The summed E-state index contributed by atoms with van der Waals surface area (Å²) in [5, 5.41) is 0. The van der Waals surface area contributed by atoms with E-state index in [0.29, 0.717) is 0 Å². The predicted molar refractivity (Wildman–Crippen MR) is 84.5 cm³/mol. The van der Waals surface area contributed by atoms with Gasteiger partial charge in [-0.25, -0.2) is 11.1 Å². The molecule has 102 valence electrons. The minimum atomic E-state index is 0. The molecule has 0 aliphatic rings. The Balaban J connectivity index is 0.00000161. The largest absolute Gasteiger partial charge is 2.00 e. The third-order valence-corrected chi connectivity index (χ3v) is 3.53. The van der Waals surface area contributed by atoms with Crippen LogP contribution in [0.25, 0.3) is 22.3 Å². The second kappa shape index (κ2) is 6.87. The smallest absolute Gasteiger partial charge is 0.223 e. The van der Waals surface area contributed by atoms with Crippen LogP contribution in [0.1, 0.15) is 11.1 Å². The molecule has 3 rings (SSSR count). The minimum absolute atomic E-state index is 0. The van der Waals surface area contributed by atoms with Crippen LogP contribution in [-0.2, 0) is 21.1 Å². The molecule has 0 N–H and O–H groups in total. The van der Waals surface area contributed by atoms with Gasteiger partial charge >= 0.3 is 21.1 Å². The summed E-state index contributed by atoms with van der Waals surface area (Å²) in [7, 11) is 0. The van der Waals surface area contributed by atoms with Gasteiger partial charge in [0.2, 0.25) is 0 Å². The van der Waals surface area contributed by atoms with Gasteiger partial charge in [0.25, 0.3) is 0 Å². The van der Waals surface area contributed by atoms with Crippen LogP contribution >= 0.6 is 0 Å². The van der Waals surface area contributed by atoms with Crippen molar-refractivity contribution in [2.45, 2.75) is 13.8 Å². The second-order valence-corrected chi connectivity index (χ2v) is 5.05. The molecule has 1 heteroatoms. The van der Waals surface area contributed by atoms with Crippen molar-refractivity contribution in [2.75, 3.05) is 0 Å². The van der Waals surface area contributed by atoms with Crippen molar-refractivity contribution in [3.8, 4) is 22.3 Å². The predicted octanol–water partition coefficient (Wildman–Crippen LogP) is 5.24. The van der Waals surface area contributed by atoms with E-state index in [1.807, 2.05) is 24.3 Å². The molecule has 0 amide bonds. The van der Waals surface area contributed by atoms with Crippen LogP contribution in [0, 0.1) is 26.0 Å². The molecule has 0 unspecified atom stereocenters. The van der Waals surface area contributed by atoms with Crippen LogP contribution < -0.4 is 0 Å². The van der Waals surface area contributed by atoms with Crippen molar-refractivity contribution in [3.05, 3.63) is 83.9 Å². The van der Waals surface area contributed by atoms with Crippen LogP contribution in [0.15, 0.2) is 60.7 Å². The first-order valence-electron chi connectivity index (χ1n) is 6.81. The van der Waals surface area contributed by atoms with Crippen molar-refractivity contribution in [1.29, 1.82) is 0 Å². The van der Waals surface area contributed by atoms with Crippen molar-refractivity contribution in [1.82, 2.24) is 0 Å².